The molecule has 16 heavy (non-hydrogen) atoms. The van der Waals surface area contributed by atoms with Gasteiger partial charge in [0.2, 0.25) is 0 Å². The molecule has 1 aromatic carbocycles. The van der Waals surface area contributed by atoms with E-state index < -0.39 is 0 Å². The summed E-state index contributed by atoms with van der Waals surface area (Å²) in [5, 5.41) is 0. The zero-order valence-corrected chi connectivity index (χ0v) is 9.52. The van der Waals surface area contributed by atoms with Crippen LogP contribution in [-0.2, 0) is 11.3 Å². The Kier molecular flexibility index (Phi) is 4.19. The van der Waals surface area contributed by atoms with Crippen LogP contribution in [0.4, 0.5) is 0 Å². The molecule has 0 amide bonds. The van der Waals surface area contributed by atoms with Crippen molar-refractivity contribution in [2.75, 3.05) is 13.2 Å². The fourth-order valence-electron chi connectivity index (χ4n) is 1.67. The molecular weight excluding hydrogens is 202 g/mol. The van der Waals surface area contributed by atoms with E-state index >= 15 is 0 Å². The lowest BCUT2D eigenvalue weighted by Crippen LogP contribution is -2.23. The lowest BCUT2D eigenvalue weighted by Gasteiger charge is -2.25. The summed E-state index contributed by atoms with van der Waals surface area (Å²) in [7, 11) is 0. The van der Waals surface area contributed by atoms with Crippen molar-refractivity contribution in [2.45, 2.75) is 31.9 Å². The summed E-state index contributed by atoms with van der Waals surface area (Å²) in [6.45, 7) is 1.85. The largest absolute Gasteiger partial charge is 0.491 e. The van der Waals surface area contributed by atoms with Crippen molar-refractivity contribution in [1.29, 1.82) is 0 Å². The van der Waals surface area contributed by atoms with Crippen molar-refractivity contribution >= 4 is 0 Å². The molecule has 0 heterocycles. The van der Waals surface area contributed by atoms with E-state index in [1.807, 2.05) is 24.3 Å². The minimum Gasteiger partial charge on any atom is -0.491 e. The van der Waals surface area contributed by atoms with Gasteiger partial charge in [0.1, 0.15) is 12.4 Å². The number of hydrogen-bond donors (Lipinski definition) is 1. The smallest absolute Gasteiger partial charge is 0.119 e. The lowest BCUT2D eigenvalue weighted by atomic mass is 9.96. The Balaban J connectivity index is 1.67. The topological polar surface area (TPSA) is 44.5 Å². The zero-order valence-electron chi connectivity index (χ0n) is 9.52. The monoisotopic (exact) mass is 221 g/mol. The Morgan fingerprint density at radius 2 is 2.12 bits per heavy atom. The highest BCUT2D eigenvalue weighted by atomic mass is 16.5. The van der Waals surface area contributed by atoms with E-state index in [0.29, 0.717) is 25.9 Å². The average Bonchev–Trinajstić information content (AvgIpc) is 2.27. The molecule has 1 aliphatic rings. The Labute approximate surface area is 96.5 Å². The van der Waals surface area contributed by atoms with Crippen molar-refractivity contribution in [3.8, 4) is 5.75 Å². The summed E-state index contributed by atoms with van der Waals surface area (Å²) >= 11 is 0. The van der Waals surface area contributed by atoms with Crippen LogP contribution >= 0.6 is 0 Å². The van der Waals surface area contributed by atoms with Crippen LogP contribution in [-0.4, -0.2) is 19.3 Å². The molecular formula is C13H19NO2. The second-order valence-corrected chi connectivity index (χ2v) is 4.12. The summed E-state index contributed by atoms with van der Waals surface area (Å²) in [6.07, 6.45) is 4.22. The van der Waals surface area contributed by atoms with Crippen LogP contribution in [0.25, 0.3) is 0 Å². The minimum atomic E-state index is 0.485. The van der Waals surface area contributed by atoms with Crippen molar-refractivity contribution < 1.29 is 9.47 Å². The minimum absolute atomic E-state index is 0.485. The van der Waals surface area contributed by atoms with Gasteiger partial charge in [0.05, 0.1) is 12.7 Å². The van der Waals surface area contributed by atoms with Gasteiger partial charge in [-0.3, -0.25) is 0 Å². The normalized spacial score (nSPS) is 15.8. The van der Waals surface area contributed by atoms with E-state index in [9.17, 15) is 0 Å². The van der Waals surface area contributed by atoms with E-state index in [0.717, 1.165) is 11.3 Å². The maximum Gasteiger partial charge on any atom is 0.119 e. The van der Waals surface area contributed by atoms with Gasteiger partial charge in [-0.15, -0.1) is 0 Å². The molecule has 0 aromatic heterocycles. The fourth-order valence-corrected chi connectivity index (χ4v) is 1.67. The van der Waals surface area contributed by atoms with Gasteiger partial charge in [-0.25, -0.2) is 0 Å². The lowest BCUT2D eigenvalue weighted by molar-refractivity contribution is -0.0103. The van der Waals surface area contributed by atoms with Gasteiger partial charge in [-0.05, 0) is 37.0 Å². The average molecular weight is 221 g/mol. The SMILES string of the molecule is NCc1cccc(OCCOC2CCC2)c1. The highest BCUT2D eigenvalue weighted by Crippen LogP contribution is 2.21. The van der Waals surface area contributed by atoms with E-state index in [1.165, 1.54) is 19.3 Å². The maximum atomic E-state index is 5.61. The predicted octanol–water partition coefficient (Wildman–Crippen LogP) is 2.09. The van der Waals surface area contributed by atoms with E-state index in [2.05, 4.69) is 0 Å². The zero-order chi connectivity index (χ0) is 11.2. The Morgan fingerprint density at radius 1 is 1.25 bits per heavy atom. The number of benzene rings is 1. The molecule has 0 spiro atoms. The highest BCUT2D eigenvalue weighted by molar-refractivity contribution is 5.28. The first-order chi connectivity index (χ1) is 7.88. The third-order valence-corrected chi connectivity index (χ3v) is 2.89. The van der Waals surface area contributed by atoms with Crippen molar-refractivity contribution in [3.05, 3.63) is 29.8 Å². The molecule has 1 fully saturated rings. The van der Waals surface area contributed by atoms with Crippen LogP contribution in [0.5, 0.6) is 5.75 Å². The van der Waals surface area contributed by atoms with Gasteiger partial charge in [0.25, 0.3) is 0 Å². The number of hydrogen-bond acceptors (Lipinski definition) is 3. The third kappa shape index (κ3) is 3.22. The summed E-state index contributed by atoms with van der Waals surface area (Å²) in [5.74, 6) is 0.875. The molecule has 0 radical (unpaired) electrons. The number of nitrogens with two attached hydrogens (primary N) is 1. The first kappa shape index (κ1) is 11.4. The number of ether oxygens (including phenoxy) is 2. The Bertz CT molecular complexity index is 323. The van der Waals surface area contributed by atoms with Gasteiger partial charge in [0.15, 0.2) is 0 Å². The quantitative estimate of drug-likeness (QED) is 0.748. The first-order valence-electron chi connectivity index (χ1n) is 5.92. The van der Waals surface area contributed by atoms with Crippen LogP contribution < -0.4 is 10.5 Å². The molecule has 1 aliphatic carbocycles. The van der Waals surface area contributed by atoms with Crippen LogP contribution in [0.2, 0.25) is 0 Å². The fraction of sp³-hybridized carbons (Fsp3) is 0.538. The second-order valence-electron chi connectivity index (χ2n) is 4.12. The van der Waals surface area contributed by atoms with Crippen molar-refractivity contribution in [2.24, 2.45) is 5.73 Å². The van der Waals surface area contributed by atoms with Crippen LogP contribution in [0.15, 0.2) is 24.3 Å². The summed E-state index contributed by atoms with van der Waals surface area (Å²) in [4.78, 5) is 0. The third-order valence-electron chi connectivity index (χ3n) is 2.89. The molecule has 0 aliphatic heterocycles. The van der Waals surface area contributed by atoms with Gasteiger partial charge in [-0.1, -0.05) is 12.1 Å². The maximum absolute atomic E-state index is 5.61. The van der Waals surface area contributed by atoms with Crippen LogP contribution in [0.1, 0.15) is 24.8 Å². The molecule has 0 bridgehead atoms. The van der Waals surface area contributed by atoms with Crippen molar-refractivity contribution in [1.82, 2.24) is 0 Å². The second kappa shape index (κ2) is 5.87. The van der Waals surface area contributed by atoms with Gasteiger partial charge in [0, 0.05) is 6.54 Å². The van der Waals surface area contributed by atoms with Crippen LogP contribution in [0.3, 0.4) is 0 Å². The van der Waals surface area contributed by atoms with Gasteiger partial charge < -0.3 is 15.2 Å². The van der Waals surface area contributed by atoms with Gasteiger partial charge >= 0.3 is 0 Å². The molecule has 0 unspecified atom stereocenters. The molecule has 2 rings (SSSR count). The molecule has 0 atom stereocenters. The molecule has 2 N–H and O–H groups in total. The van der Waals surface area contributed by atoms with Crippen molar-refractivity contribution in [3.63, 3.8) is 0 Å². The standard InChI is InChI=1S/C13H19NO2/c14-10-11-3-1-6-13(9-11)16-8-7-15-12-4-2-5-12/h1,3,6,9,12H,2,4-5,7-8,10,14H2. The summed E-state index contributed by atoms with van der Waals surface area (Å²) in [5.41, 5.74) is 6.65. The predicted molar refractivity (Wildman–Crippen MR) is 63.4 cm³/mol. The highest BCUT2D eigenvalue weighted by Gasteiger charge is 2.17. The van der Waals surface area contributed by atoms with Crippen LogP contribution in [0, 0.1) is 0 Å². The van der Waals surface area contributed by atoms with Gasteiger partial charge in [-0.2, -0.15) is 0 Å². The molecule has 3 nitrogen and oxygen atoms in total. The summed E-state index contributed by atoms with van der Waals surface area (Å²) in [6, 6.07) is 7.88. The molecule has 1 saturated carbocycles. The van der Waals surface area contributed by atoms with E-state index in [-0.39, 0.29) is 0 Å². The molecule has 88 valence electrons. The molecule has 3 heteroatoms. The number of rotatable bonds is 6. The Hall–Kier alpha value is -1.06. The summed E-state index contributed by atoms with van der Waals surface area (Å²) < 4.78 is 11.2. The first-order valence-corrected chi connectivity index (χ1v) is 5.92. The molecule has 1 aromatic rings. The van der Waals surface area contributed by atoms with E-state index in [4.69, 9.17) is 15.2 Å². The molecule has 0 saturated heterocycles. The van der Waals surface area contributed by atoms with E-state index in [1.54, 1.807) is 0 Å². The Morgan fingerprint density at radius 3 is 2.81 bits per heavy atom.